The lowest BCUT2D eigenvalue weighted by molar-refractivity contribution is -0.140. The molecule has 0 unspecified atom stereocenters. The molecule has 0 saturated heterocycles. The van der Waals surface area contributed by atoms with E-state index in [1.807, 2.05) is 0 Å². The van der Waals surface area contributed by atoms with E-state index in [4.69, 9.17) is 5.11 Å². The number of hydrogen-bond acceptors (Lipinski definition) is 2. The Morgan fingerprint density at radius 2 is 1.74 bits per heavy atom. The molecule has 1 saturated carbocycles. The third-order valence-corrected chi connectivity index (χ3v) is 4.07. The highest BCUT2D eigenvalue weighted by Gasteiger charge is 2.29. The Bertz CT molecular complexity index is 323. The molecule has 0 radical (unpaired) electrons. The lowest BCUT2D eigenvalue weighted by atomic mass is 9.87. The maximum absolute atomic E-state index is 12.1. The van der Waals surface area contributed by atoms with Gasteiger partial charge in [0.2, 0.25) is 0 Å². The number of carbonyl (C=O) groups excluding carboxylic acids is 1. The Hall–Kier alpha value is -1.26. The van der Waals surface area contributed by atoms with Gasteiger partial charge in [-0.05, 0) is 37.5 Å². The Balaban J connectivity index is 2.54. The summed E-state index contributed by atoms with van der Waals surface area (Å²) in [6.07, 6.45) is 4.28. The number of carboxylic acid groups (broad SMARTS) is 1. The number of hydrogen-bond donors (Lipinski definition) is 2. The summed E-state index contributed by atoms with van der Waals surface area (Å²) in [6.45, 7) is 5.82. The summed E-state index contributed by atoms with van der Waals surface area (Å²) in [6, 6.07) is -0.865. The maximum Gasteiger partial charge on any atom is 0.326 e. The van der Waals surface area contributed by atoms with Crippen LogP contribution < -0.4 is 5.32 Å². The van der Waals surface area contributed by atoms with Gasteiger partial charge in [-0.25, -0.2) is 9.59 Å². The maximum atomic E-state index is 12.1. The van der Waals surface area contributed by atoms with Crippen LogP contribution in [0.4, 0.5) is 4.79 Å². The molecule has 110 valence electrons. The van der Waals surface area contributed by atoms with Crippen molar-refractivity contribution in [2.45, 2.75) is 58.5 Å². The second-order valence-corrected chi connectivity index (χ2v) is 6.03. The minimum Gasteiger partial charge on any atom is -0.480 e. The lowest BCUT2D eigenvalue weighted by Crippen LogP contribution is -2.52. The molecule has 0 heterocycles. The smallest absolute Gasteiger partial charge is 0.326 e. The molecule has 2 amide bonds. The van der Waals surface area contributed by atoms with E-state index in [-0.39, 0.29) is 18.0 Å². The summed E-state index contributed by atoms with van der Waals surface area (Å²) in [5, 5.41) is 11.7. The van der Waals surface area contributed by atoms with Crippen molar-refractivity contribution in [3.63, 3.8) is 0 Å². The minimum absolute atomic E-state index is 0.124. The van der Waals surface area contributed by atoms with Crippen molar-refractivity contribution in [1.82, 2.24) is 10.2 Å². The number of amides is 2. The number of carbonyl (C=O) groups is 2. The average Bonchev–Trinajstić information content (AvgIpc) is 2.34. The van der Waals surface area contributed by atoms with Crippen LogP contribution in [0.15, 0.2) is 0 Å². The highest BCUT2D eigenvalue weighted by molar-refractivity contribution is 5.82. The first-order valence-electron chi connectivity index (χ1n) is 7.09. The van der Waals surface area contributed by atoms with Crippen molar-refractivity contribution in [1.29, 1.82) is 0 Å². The predicted molar refractivity (Wildman–Crippen MR) is 74.0 cm³/mol. The molecule has 0 aliphatic heterocycles. The van der Waals surface area contributed by atoms with Gasteiger partial charge in [0.15, 0.2) is 0 Å². The van der Waals surface area contributed by atoms with Gasteiger partial charge in [-0.1, -0.05) is 20.8 Å². The summed E-state index contributed by atoms with van der Waals surface area (Å²) in [4.78, 5) is 24.9. The largest absolute Gasteiger partial charge is 0.480 e. The minimum atomic E-state index is -0.978. The second kappa shape index (κ2) is 6.78. The van der Waals surface area contributed by atoms with E-state index >= 15 is 0 Å². The molecule has 1 rings (SSSR count). The number of nitrogens with zero attached hydrogens (tertiary/aromatic N) is 1. The lowest BCUT2D eigenvalue weighted by Gasteiger charge is -2.34. The van der Waals surface area contributed by atoms with Gasteiger partial charge in [0, 0.05) is 13.1 Å². The molecule has 2 N–H and O–H groups in total. The first-order valence-corrected chi connectivity index (χ1v) is 7.09. The zero-order valence-corrected chi connectivity index (χ0v) is 12.3. The molecule has 5 heteroatoms. The van der Waals surface area contributed by atoms with Gasteiger partial charge in [-0.2, -0.15) is 0 Å². The van der Waals surface area contributed by atoms with Crippen LogP contribution in [0.2, 0.25) is 0 Å². The van der Waals surface area contributed by atoms with E-state index in [0.29, 0.717) is 0 Å². The summed E-state index contributed by atoms with van der Waals surface area (Å²) in [7, 11) is 1.76. The normalized spacial score (nSPS) is 24.9. The van der Waals surface area contributed by atoms with Crippen molar-refractivity contribution in [2.75, 3.05) is 7.05 Å². The Morgan fingerprint density at radius 1 is 1.21 bits per heavy atom. The zero-order chi connectivity index (χ0) is 14.6. The van der Waals surface area contributed by atoms with Gasteiger partial charge in [0.1, 0.15) is 6.04 Å². The van der Waals surface area contributed by atoms with Crippen molar-refractivity contribution in [2.24, 2.45) is 11.8 Å². The molecular weight excluding hydrogens is 244 g/mol. The molecule has 1 atom stereocenters. The number of urea groups is 1. The molecule has 1 fully saturated rings. The van der Waals surface area contributed by atoms with Gasteiger partial charge >= 0.3 is 12.0 Å². The van der Waals surface area contributed by atoms with E-state index in [2.05, 4.69) is 12.2 Å². The van der Waals surface area contributed by atoms with E-state index in [1.165, 1.54) is 0 Å². The van der Waals surface area contributed by atoms with Crippen LogP contribution in [-0.4, -0.2) is 41.1 Å². The first-order chi connectivity index (χ1) is 8.82. The molecular formula is C14H26N2O3. The van der Waals surface area contributed by atoms with Crippen molar-refractivity contribution >= 4 is 12.0 Å². The van der Waals surface area contributed by atoms with Crippen LogP contribution in [-0.2, 0) is 4.79 Å². The molecule has 0 bridgehead atoms. The summed E-state index contributed by atoms with van der Waals surface area (Å²) < 4.78 is 0. The highest BCUT2D eigenvalue weighted by Crippen LogP contribution is 2.26. The second-order valence-electron chi connectivity index (χ2n) is 6.03. The molecule has 0 aromatic heterocycles. The number of carboxylic acids is 1. The third-order valence-electron chi connectivity index (χ3n) is 4.07. The first kappa shape index (κ1) is 15.8. The molecule has 1 aliphatic rings. The monoisotopic (exact) mass is 270 g/mol. The SMILES string of the molecule is CC1CCC(N(C)C(=O)N[C@H](C(=O)O)C(C)C)CC1. The molecule has 19 heavy (non-hydrogen) atoms. The van der Waals surface area contributed by atoms with E-state index in [1.54, 1.807) is 25.8 Å². The molecule has 0 aromatic rings. The van der Waals surface area contributed by atoms with E-state index < -0.39 is 12.0 Å². The summed E-state index contributed by atoms with van der Waals surface area (Å²) in [5.41, 5.74) is 0. The highest BCUT2D eigenvalue weighted by atomic mass is 16.4. The molecule has 1 aliphatic carbocycles. The average molecular weight is 270 g/mol. The van der Waals surface area contributed by atoms with Gasteiger partial charge < -0.3 is 15.3 Å². The van der Waals surface area contributed by atoms with Crippen LogP contribution in [0.3, 0.4) is 0 Å². The molecule has 5 nitrogen and oxygen atoms in total. The predicted octanol–water partition coefficient (Wildman–Crippen LogP) is 2.32. The van der Waals surface area contributed by atoms with Crippen molar-refractivity contribution < 1.29 is 14.7 Å². The fourth-order valence-electron chi connectivity index (χ4n) is 2.54. The van der Waals surface area contributed by atoms with Crippen LogP contribution in [0.1, 0.15) is 46.5 Å². The van der Waals surface area contributed by atoms with Gasteiger partial charge in [-0.3, -0.25) is 0 Å². The fraction of sp³-hybridized carbons (Fsp3) is 0.857. The zero-order valence-electron chi connectivity index (χ0n) is 12.3. The number of aliphatic carboxylic acids is 1. The standard InChI is InChI=1S/C14H26N2O3/c1-9(2)12(13(17)18)15-14(19)16(4)11-7-5-10(3)6-8-11/h9-12H,5-8H2,1-4H3,(H,15,19)(H,17,18)/t10?,11?,12-/m0/s1. The van der Waals surface area contributed by atoms with Crippen molar-refractivity contribution in [3.8, 4) is 0 Å². The Kier molecular flexibility index (Phi) is 5.63. The van der Waals surface area contributed by atoms with E-state index in [9.17, 15) is 9.59 Å². The molecule has 0 spiro atoms. The van der Waals surface area contributed by atoms with Crippen LogP contribution in [0.5, 0.6) is 0 Å². The van der Waals surface area contributed by atoms with Gasteiger partial charge in [0.25, 0.3) is 0 Å². The number of rotatable bonds is 4. The summed E-state index contributed by atoms with van der Waals surface area (Å²) in [5.74, 6) is -0.370. The van der Waals surface area contributed by atoms with E-state index in [0.717, 1.165) is 31.6 Å². The van der Waals surface area contributed by atoms with Crippen LogP contribution in [0, 0.1) is 11.8 Å². The topological polar surface area (TPSA) is 69.6 Å². The fourth-order valence-corrected chi connectivity index (χ4v) is 2.54. The van der Waals surface area contributed by atoms with Crippen LogP contribution in [0.25, 0.3) is 0 Å². The molecule has 0 aromatic carbocycles. The van der Waals surface area contributed by atoms with Crippen LogP contribution >= 0.6 is 0 Å². The van der Waals surface area contributed by atoms with Gasteiger partial charge in [0.05, 0.1) is 0 Å². The van der Waals surface area contributed by atoms with Crippen molar-refractivity contribution in [3.05, 3.63) is 0 Å². The number of nitrogens with one attached hydrogen (secondary N) is 1. The Morgan fingerprint density at radius 3 is 2.16 bits per heavy atom. The quantitative estimate of drug-likeness (QED) is 0.823. The van der Waals surface area contributed by atoms with Gasteiger partial charge in [-0.15, -0.1) is 0 Å². The summed E-state index contributed by atoms with van der Waals surface area (Å²) >= 11 is 0. The Labute approximate surface area is 115 Å². The third kappa shape index (κ3) is 4.40.